The largest absolute Gasteiger partial charge is 0.497 e. The minimum absolute atomic E-state index is 0.0437. The molecule has 0 spiro atoms. The zero-order chi connectivity index (χ0) is 17.9. The third-order valence-corrected chi connectivity index (χ3v) is 7.14. The highest BCUT2D eigenvalue weighted by atomic mass is 32.2. The van der Waals surface area contributed by atoms with Gasteiger partial charge in [-0.25, -0.2) is 4.98 Å². The van der Waals surface area contributed by atoms with E-state index in [-0.39, 0.29) is 5.91 Å². The molecule has 0 unspecified atom stereocenters. The number of ether oxygens (including phenoxy) is 1. The molecular weight excluding hydrogens is 384 g/mol. The Kier molecular flexibility index (Phi) is 5.19. The van der Waals surface area contributed by atoms with E-state index < -0.39 is 0 Å². The smallest absolute Gasteiger partial charge is 0.236 e. The molecule has 26 heavy (non-hydrogen) atoms. The fraction of sp³-hybridized carbons (Fsp3) is 0.158. The summed E-state index contributed by atoms with van der Waals surface area (Å²) in [5, 5.41) is 3.61. The van der Waals surface area contributed by atoms with Crippen LogP contribution in [-0.4, -0.2) is 23.8 Å². The van der Waals surface area contributed by atoms with E-state index in [4.69, 9.17) is 4.74 Å². The molecule has 0 aliphatic carbocycles. The molecule has 3 aromatic rings. The maximum absolute atomic E-state index is 12.3. The average molecular weight is 401 g/mol. The van der Waals surface area contributed by atoms with Crippen LogP contribution < -0.4 is 10.1 Å². The van der Waals surface area contributed by atoms with Crippen molar-refractivity contribution in [1.29, 1.82) is 0 Å². The molecule has 2 heterocycles. The number of rotatable bonds is 5. The first-order chi connectivity index (χ1) is 12.7. The minimum Gasteiger partial charge on any atom is -0.497 e. The number of nitrogens with one attached hydrogen (secondary N) is 1. The summed E-state index contributed by atoms with van der Waals surface area (Å²) in [5.74, 6) is 2.02. The third-order valence-electron chi connectivity index (χ3n) is 3.87. The number of aromatic nitrogens is 1. The summed E-state index contributed by atoms with van der Waals surface area (Å²) < 4.78 is 5.14. The molecule has 0 saturated heterocycles. The van der Waals surface area contributed by atoms with Crippen LogP contribution in [0, 0.1) is 0 Å². The van der Waals surface area contributed by atoms with E-state index >= 15 is 0 Å². The average Bonchev–Trinajstić information content (AvgIpc) is 3.09. The van der Waals surface area contributed by atoms with Crippen LogP contribution in [-0.2, 0) is 10.5 Å². The molecule has 2 aromatic carbocycles. The SMILES string of the molecule is COc1ccc(SCC(=O)Nc2nc3c(s2)CSc2ccccc2-3)cc1. The summed E-state index contributed by atoms with van der Waals surface area (Å²) in [6, 6.07) is 16.0. The lowest BCUT2D eigenvalue weighted by molar-refractivity contribution is -0.113. The predicted molar refractivity (Wildman–Crippen MR) is 109 cm³/mol. The van der Waals surface area contributed by atoms with E-state index in [1.165, 1.54) is 21.5 Å². The Bertz CT molecular complexity index is 938. The van der Waals surface area contributed by atoms with Crippen molar-refractivity contribution in [2.75, 3.05) is 18.2 Å². The van der Waals surface area contributed by atoms with Crippen molar-refractivity contribution in [3.05, 3.63) is 53.4 Å². The monoisotopic (exact) mass is 400 g/mol. The van der Waals surface area contributed by atoms with Gasteiger partial charge in [-0.2, -0.15) is 0 Å². The molecule has 0 saturated carbocycles. The summed E-state index contributed by atoms with van der Waals surface area (Å²) in [6.45, 7) is 0. The van der Waals surface area contributed by atoms with Gasteiger partial charge in [0.25, 0.3) is 0 Å². The number of hydrogen-bond acceptors (Lipinski definition) is 6. The number of thiazole rings is 1. The van der Waals surface area contributed by atoms with Crippen LogP contribution in [0.25, 0.3) is 11.3 Å². The van der Waals surface area contributed by atoms with Crippen molar-refractivity contribution in [2.24, 2.45) is 0 Å². The minimum atomic E-state index is -0.0437. The van der Waals surface area contributed by atoms with Gasteiger partial charge in [-0.05, 0) is 30.3 Å². The van der Waals surface area contributed by atoms with Crippen molar-refractivity contribution in [3.63, 3.8) is 0 Å². The number of carbonyl (C=O) groups excluding carboxylic acids is 1. The number of fused-ring (bicyclic) bond motifs is 3. The summed E-state index contributed by atoms with van der Waals surface area (Å²) >= 11 is 4.88. The number of amides is 1. The first-order valence-electron chi connectivity index (χ1n) is 8.01. The van der Waals surface area contributed by atoms with Gasteiger partial charge in [-0.3, -0.25) is 4.79 Å². The maximum atomic E-state index is 12.3. The number of carbonyl (C=O) groups is 1. The van der Waals surface area contributed by atoms with E-state index in [9.17, 15) is 4.79 Å². The highest BCUT2D eigenvalue weighted by Crippen LogP contribution is 2.44. The zero-order valence-electron chi connectivity index (χ0n) is 14.0. The molecule has 0 atom stereocenters. The van der Waals surface area contributed by atoms with Gasteiger partial charge in [0, 0.05) is 26.0 Å². The zero-order valence-corrected chi connectivity index (χ0v) is 16.5. The van der Waals surface area contributed by atoms with Crippen molar-refractivity contribution in [1.82, 2.24) is 4.98 Å². The van der Waals surface area contributed by atoms with Crippen LogP contribution in [0.5, 0.6) is 5.75 Å². The Morgan fingerprint density at radius 2 is 2.04 bits per heavy atom. The Hall–Kier alpha value is -1.96. The Morgan fingerprint density at radius 3 is 2.85 bits per heavy atom. The van der Waals surface area contributed by atoms with E-state index in [2.05, 4.69) is 22.4 Å². The Balaban J connectivity index is 1.40. The molecule has 1 aliphatic heterocycles. The lowest BCUT2D eigenvalue weighted by Crippen LogP contribution is -2.13. The van der Waals surface area contributed by atoms with Crippen LogP contribution in [0.15, 0.2) is 58.3 Å². The van der Waals surface area contributed by atoms with Crippen molar-refractivity contribution < 1.29 is 9.53 Å². The molecule has 1 aromatic heterocycles. The molecule has 0 radical (unpaired) electrons. The highest BCUT2D eigenvalue weighted by Gasteiger charge is 2.21. The quantitative estimate of drug-likeness (QED) is 0.600. The number of anilines is 1. The van der Waals surface area contributed by atoms with E-state index in [0.29, 0.717) is 10.9 Å². The molecule has 1 amide bonds. The molecule has 4 rings (SSSR count). The van der Waals surface area contributed by atoms with Gasteiger partial charge in [-0.1, -0.05) is 18.2 Å². The van der Waals surface area contributed by atoms with Crippen molar-refractivity contribution >= 4 is 45.9 Å². The maximum Gasteiger partial charge on any atom is 0.236 e. The Morgan fingerprint density at radius 1 is 1.23 bits per heavy atom. The van der Waals surface area contributed by atoms with Crippen LogP contribution in [0.2, 0.25) is 0 Å². The van der Waals surface area contributed by atoms with Gasteiger partial charge in [0.15, 0.2) is 5.13 Å². The molecule has 0 fully saturated rings. The molecule has 7 heteroatoms. The van der Waals surface area contributed by atoms with Gasteiger partial charge in [-0.15, -0.1) is 34.9 Å². The lowest BCUT2D eigenvalue weighted by atomic mass is 10.1. The number of thioether (sulfide) groups is 2. The van der Waals surface area contributed by atoms with Crippen LogP contribution in [0.4, 0.5) is 5.13 Å². The second kappa shape index (κ2) is 7.73. The first kappa shape index (κ1) is 17.5. The number of hydrogen-bond donors (Lipinski definition) is 1. The lowest BCUT2D eigenvalue weighted by Gasteiger charge is -2.13. The summed E-state index contributed by atoms with van der Waals surface area (Å²) in [4.78, 5) is 20.4. The van der Waals surface area contributed by atoms with Gasteiger partial charge in [0.05, 0.1) is 18.6 Å². The topological polar surface area (TPSA) is 51.2 Å². The molecule has 0 bridgehead atoms. The highest BCUT2D eigenvalue weighted by molar-refractivity contribution is 8.00. The van der Waals surface area contributed by atoms with Gasteiger partial charge >= 0.3 is 0 Å². The molecule has 1 aliphatic rings. The van der Waals surface area contributed by atoms with E-state index in [0.717, 1.165) is 27.7 Å². The van der Waals surface area contributed by atoms with Crippen LogP contribution >= 0.6 is 34.9 Å². The van der Waals surface area contributed by atoms with Gasteiger partial charge in [0.2, 0.25) is 5.91 Å². The summed E-state index contributed by atoms with van der Waals surface area (Å²) in [7, 11) is 1.64. The number of nitrogens with zero attached hydrogens (tertiary/aromatic N) is 1. The fourth-order valence-corrected chi connectivity index (χ4v) is 5.44. The van der Waals surface area contributed by atoms with Crippen molar-refractivity contribution in [2.45, 2.75) is 15.5 Å². The summed E-state index contributed by atoms with van der Waals surface area (Å²) in [5.41, 5.74) is 2.16. The fourth-order valence-electron chi connectivity index (χ4n) is 2.62. The molecular formula is C19H16N2O2S3. The molecule has 1 N–H and O–H groups in total. The number of methoxy groups -OCH3 is 1. The second-order valence-corrected chi connectivity index (χ2v) is 8.74. The van der Waals surface area contributed by atoms with E-state index in [1.807, 2.05) is 48.2 Å². The predicted octanol–water partition coefficient (Wildman–Crippen LogP) is 5.16. The second-order valence-electron chi connectivity index (χ2n) is 5.59. The number of benzene rings is 2. The van der Waals surface area contributed by atoms with Crippen LogP contribution in [0.3, 0.4) is 0 Å². The standard InChI is InChI=1S/C19H16N2O2S3/c1-23-12-6-8-13(9-7-12)24-11-17(22)20-19-21-18-14-4-2-3-5-15(14)25-10-16(18)26-19/h2-9H,10-11H2,1H3,(H,20,21,22). The van der Waals surface area contributed by atoms with Crippen LogP contribution in [0.1, 0.15) is 4.88 Å². The first-order valence-corrected chi connectivity index (χ1v) is 10.8. The van der Waals surface area contributed by atoms with Gasteiger partial charge in [0.1, 0.15) is 5.75 Å². The third kappa shape index (κ3) is 3.75. The normalized spacial score (nSPS) is 12.2. The summed E-state index contributed by atoms with van der Waals surface area (Å²) in [6.07, 6.45) is 0. The molecule has 4 nitrogen and oxygen atoms in total. The van der Waals surface area contributed by atoms with Gasteiger partial charge < -0.3 is 10.1 Å². The Labute approximate surface area is 164 Å². The van der Waals surface area contributed by atoms with Crippen molar-refractivity contribution in [3.8, 4) is 17.0 Å². The van der Waals surface area contributed by atoms with E-state index in [1.54, 1.807) is 18.4 Å². The molecule has 132 valence electrons.